The summed E-state index contributed by atoms with van der Waals surface area (Å²) in [6.45, 7) is 0. The standard InChI is InChI=1S/C52H31N3O2/c1-3-11-32(12-4-1)33-13-9-14-34(27-33)37-23-26-47-43(30-37)51-52(57-47)50(53-31-54-51)40-18-10-20-48-49(40)42-29-36(22-25-46(42)56-48)35-21-24-45-41(28-35)39-17-7-8-19-44(39)55(45)38-15-5-2-6-16-38/h1-31H. The number of benzene rings is 8. The van der Waals surface area contributed by atoms with E-state index in [0.717, 1.165) is 77.6 Å². The fourth-order valence-corrected chi connectivity index (χ4v) is 8.67. The van der Waals surface area contributed by atoms with Crippen LogP contribution < -0.4 is 0 Å². The zero-order valence-electron chi connectivity index (χ0n) is 30.6. The first-order valence-electron chi connectivity index (χ1n) is 19.1. The smallest absolute Gasteiger partial charge is 0.180 e. The molecule has 0 fully saturated rings. The Morgan fingerprint density at radius 2 is 1.00 bits per heavy atom. The first-order chi connectivity index (χ1) is 28.2. The highest BCUT2D eigenvalue weighted by Crippen LogP contribution is 2.43. The van der Waals surface area contributed by atoms with E-state index in [1.807, 2.05) is 24.3 Å². The largest absolute Gasteiger partial charge is 0.456 e. The van der Waals surface area contributed by atoms with Crippen LogP contribution in [0.3, 0.4) is 0 Å². The Hall–Kier alpha value is -7.76. The van der Waals surface area contributed by atoms with E-state index >= 15 is 0 Å². The highest BCUT2D eigenvalue weighted by atomic mass is 16.3. The van der Waals surface area contributed by atoms with Gasteiger partial charge in [0, 0.05) is 38.2 Å². The van der Waals surface area contributed by atoms with Crippen molar-refractivity contribution in [3.63, 3.8) is 0 Å². The van der Waals surface area contributed by atoms with Crippen molar-refractivity contribution in [3.8, 4) is 50.3 Å². The van der Waals surface area contributed by atoms with Gasteiger partial charge in [-0.15, -0.1) is 0 Å². The molecule has 4 heterocycles. The molecule has 0 aliphatic rings. The maximum absolute atomic E-state index is 6.60. The molecule has 8 aromatic carbocycles. The van der Waals surface area contributed by atoms with Crippen molar-refractivity contribution in [1.82, 2.24) is 14.5 Å². The summed E-state index contributed by atoms with van der Waals surface area (Å²) in [7, 11) is 0. The zero-order chi connectivity index (χ0) is 37.5. The van der Waals surface area contributed by atoms with E-state index in [0.29, 0.717) is 5.58 Å². The number of nitrogens with zero attached hydrogens (tertiary/aromatic N) is 3. The zero-order valence-corrected chi connectivity index (χ0v) is 30.6. The van der Waals surface area contributed by atoms with Crippen molar-refractivity contribution < 1.29 is 8.83 Å². The molecule has 0 saturated heterocycles. The molecule has 12 rings (SSSR count). The minimum Gasteiger partial charge on any atom is -0.456 e. The van der Waals surface area contributed by atoms with E-state index in [1.165, 1.54) is 32.9 Å². The second-order valence-corrected chi connectivity index (χ2v) is 14.6. The summed E-state index contributed by atoms with van der Waals surface area (Å²) < 4.78 is 15.4. The first-order valence-corrected chi connectivity index (χ1v) is 19.1. The number of rotatable bonds is 5. The van der Waals surface area contributed by atoms with Gasteiger partial charge in [-0.05, 0) is 100 Å². The van der Waals surface area contributed by atoms with Gasteiger partial charge in [0.2, 0.25) is 0 Å². The Bertz CT molecular complexity index is 3520. The second kappa shape index (κ2) is 12.4. The number of hydrogen-bond acceptors (Lipinski definition) is 4. The quantitative estimate of drug-likeness (QED) is 0.177. The Morgan fingerprint density at radius 3 is 1.82 bits per heavy atom. The topological polar surface area (TPSA) is 57.0 Å². The molecule has 0 saturated carbocycles. The molecule has 0 aliphatic heterocycles. The van der Waals surface area contributed by atoms with Crippen molar-refractivity contribution in [2.24, 2.45) is 0 Å². The van der Waals surface area contributed by atoms with Crippen LogP contribution in [0, 0.1) is 0 Å². The number of fused-ring (bicyclic) bond motifs is 9. The lowest BCUT2D eigenvalue weighted by molar-refractivity contribution is 0.667. The highest BCUT2D eigenvalue weighted by molar-refractivity contribution is 6.17. The first kappa shape index (κ1) is 31.6. The van der Waals surface area contributed by atoms with Crippen LogP contribution in [-0.2, 0) is 0 Å². The van der Waals surface area contributed by atoms with Gasteiger partial charge in [-0.25, -0.2) is 9.97 Å². The maximum atomic E-state index is 6.60. The molecular formula is C52H31N3O2. The van der Waals surface area contributed by atoms with E-state index in [4.69, 9.17) is 18.8 Å². The molecule has 0 radical (unpaired) electrons. The van der Waals surface area contributed by atoms with E-state index < -0.39 is 0 Å². The summed E-state index contributed by atoms with van der Waals surface area (Å²) in [5, 5.41) is 5.40. The molecular weight excluding hydrogens is 699 g/mol. The lowest BCUT2D eigenvalue weighted by Crippen LogP contribution is -1.92. The summed E-state index contributed by atoms with van der Waals surface area (Å²) >= 11 is 0. The van der Waals surface area contributed by atoms with Crippen molar-refractivity contribution in [1.29, 1.82) is 0 Å². The summed E-state index contributed by atoms with van der Waals surface area (Å²) in [4.78, 5) is 9.63. The fraction of sp³-hybridized carbons (Fsp3) is 0. The summed E-state index contributed by atoms with van der Waals surface area (Å²) in [5.41, 5.74) is 15.8. The molecule has 0 unspecified atom stereocenters. The summed E-state index contributed by atoms with van der Waals surface area (Å²) in [6, 6.07) is 64.0. The van der Waals surface area contributed by atoms with Gasteiger partial charge in [0.15, 0.2) is 5.58 Å². The molecule has 57 heavy (non-hydrogen) atoms. The maximum Gasteiger partial charge on any atom is 0.180 e. The second-order valence-electron chi connectivity index (χ2n) is 14.6. The molecule has 5 nitrogen and oxygen atoms in total. The Labute approximate surface area is 326 Å². The summed E-state index contributed by atoms with van der Waals surface area (Å²) in [5.74, 6) is 0. The summed E-state index contributed by atoms with van der Waals surface area (Å²) in [6.07, 6.45) is 1.64. The van der Waals surface area contributed by atoms with Gasteiger partial charge >= 0.3 is 0 Å². The lowest BCUT2D eigenvalue weighted by atomic mass is 9.98. The van der Waals surface area contributed by atoms with Gasteiger partial charge in [-0.2, -0.15) is 0 Å². The normalized spacial score (nSPS) is 11.9. The van der Waals surface area contributed by atoms with Crippen LogP contribution in [0.1, 0.15) is 0 Å². The fourth-order valence-electron chi connectivity index (χ4n) is 8.67. The molecule has 12 aromatic rings. The van der Waals surface area contributed by atoms with Crippen LogP contribution >= 0.6 is 0 Å². The van der Waals surface area contributed by atoms with Crippen LogP contribution in [0.15, 0.2) is 197 Å². The van der Waals surface area contributed by atoms with Gasteiger partial charge in [0.05, 0.1) is 11.0 Å². The molecule has 0 amide bonds. The number of aromatic nitrogens is 3. The van der Waals surface area contributed by atoms with Crippen molar-refractivity contribution >= 4 is 65.8 Å². The van der Waals surface area contributed by atoms with E-state index in [1.54, 1.807) is 6.33 Å². The number of para-hydroxylation sites is 2. The average molecular weight is 730 g/mol. The third-order valence-corrected chi connectivity index (χ3v) is 11.3. The molecule has 0 atom stereocenters. The van der Waals surface area contributed by atoms with Gasteiger partial charge in [0.25, 0.3) is 0 Å². The van der Waals surface area contributed by atoms with Crippen molar-refractivity contribution in [2.75, 3.05) is 0 Å². The van der Waals surface area contributed by atoms with Gasteiger partial charge in [-0.3, -0.25) is 0 Å². The minimum absolute atomic E-state index is 0.654. The number of furan rings is 2. The van der Waals surface area contributed by atoms with Gasteiger partial charge in [-0.1, -0.05) is 115 Å². The van der Waals surface area contributed by atoms with E-state index in [9.17, 15) is 0 Å². The van der Waals surface area contributed by atoms with Gasteiger partial charge in [0.1, 0.15) is 34.3 Å². The molecule has 0 N–H and O–H groups in total. The molecule has 0 bridgehead atoms. The average Bonchev–Trinajstić information content (AvgIpc) is 3.96. The Balaban J connectivity index is 0.991. The van der Waals surface area contributed by atoms with Crippen molar-refractivity contribution in [3.05, 3.63) is 188 Å². The number of hydrogen-bond donors (Lipinski definition) is 0. The van der Waals surface area contributed by atoms with Crippen LogP contribution in [0.5, 0.6) is 0 Å². The van der Waals surface area contributed by atoms with Crippen LogP contribution in [-0.4, -0.2) is 14.5 Å². The molecule has 0 spiro atoms. The van der Waals surface area contributed by atoms with Crippen LogP contribution in [0.2, 0.25) is 0 Å². The van der Waals surface area contributed by atoms with E-state index in [-0.39, 0.29) is 0 Å². The lowest BCUT2D eigenvalue weighted by Gasteiger charge is -2.08. The predicted molar refractivity (Wildman–Crippen MR) is 233 cm³/mol. The molecule has 266 valence electrons. The van der Waals surface area contributed by atoms with Crippen LogP contribution in [0.25, 0.3) is 116 Å². The minimum atomic E-state index is 0.654. The molecule has 4 aromatic heterocycles. The Morgan fingerprint density at radius 1 is 0.386 bits per heavy atom. The van der Waals surface area contributed by atoms with Gasteiger partial charge < -0.3 is 13.4 Å². The third kappa shape index (κ3) is 4.96. The third-order valence-electron chi connectivity index (χ3n) is 11.3. The monoisotopic (exact) mass is 729 g/mol. The van der Waals surface area contributed by atoms with Crippen molar-refractivity contribution in [2.45, 2.75) is 0 Å². The molecule has 5 heteroatoms. The predicted octanol–water partition coefficient (Wildman–Crippen LogP) is 14.0. The van der Waals surface area contributed by atoms with E-state index in [2.05, 4.69) is 162 Å². The highest BCUT2D eigenvalue weighted by Gasteiger charge is 2.21. The molecule has 0 aliphatic carbocycles. The SMILES string of the molecule is c1ccc(-c2cccc(-c3ccc4oc5c(-c6cccc7oc8ccc(-c9ccc%10c(c9)c9ccccc9n%10-c9ccccc9)cc8c67)ncnc5c4c3)c2)cc1. The Kier molecular flexibility index (Phi) is 6.86. The van der Waals surface area contributed by atoms with Crippen LogP contribution in [0.4, 0.5) is 0 Å².